The lowest BCUT2D eigenvalue weighted by Gasteiger charge is -2.12. The third-order valence-corrected chi connectivity index (χ3v) is 3.45. The quantitative estimate of drug-likeness (QED) is 0.731. The van der Waals surface area contributed by atoms with Gasteiger partial charge in [0, 0.05) is 16.3 Å². The summed E-state index contributed by atoms with van der Waals surface area (Å²) in [7, 11) is 0. The Bertz CT molecular complexity index is 833. The topological polar surface area (TPSA) is 51.3 Å². The van der Waals surface area contributed by atoms with Gasteiger partial charge in [0.25, 0.3) is 0 Å². The van der Waals surface area contributed by atoms with Crippen LogP contribution in [0.3, 0.4) is 0 Å². The van der Waals surface area contributed by atoms with Crippen molar-refractivity contribution in [2.24, 2.45) is 0 Å². The van der Waals surface area contributed by atoms with Crippen LogP contribution in [0.5, 0.6) is 5.75 Å². The second-order valence-electron chi connectivity index (χ2n) is 5.45. The number of fused-ring (bicyclic) bond motifs is 3. The van der Waals surface area contributed by atoms with Crippen LogP contribution < -0.4 is 4.74 Å². The standard InChI is InChI=1S/C18H19NO3/c1-4-21-18(20)12-9-14-13-7-5-6-8-15(13)19-17(14)16(10-12)22-11(2)3/h5-11,19H,4H2,1-3H3. The molecule has 0 spiro atoms. The van der Waals surface area contributed by atoms with Crippen LogP contribution in [0.25, 0.3) is 21.8 Å². The summed E-state index contributed by atoms with van der Waals surface area (Å²) >= 11 is 0. The van der Waals surface area contributed by atoms with Crippen molar-refractivity contribution in [2.45, 2.75) is 26.9 Å². The number of carbonyl (C=O) groups is 1. The van der Waals surface area contributed by atoms with Crippen LogP contribution in [0.2, 0.25) is 0 Å². The number of aromatic nitrogens is 1. The molecule has 0 fully saturated rings. The zero-order valence-corrected chi connectivity index (χ0v) is 13.0. The third kappa shape index (κ3) is 2.52. The van der Waals surface area contributed by atoms with E-state index in [1.54, 1.807) is 13.0 Å². The van der Waals surface area contributed by atoms with E-state index in [0.29, 0.717) is 17.9 Å². The predicted molar refractivity (Wildman–Crippen MR) is 87.5 cm³/mol. The lowest BCUT2D eigenvalue weighted by atomic mass is 10.1. The molecule has 0 radical (unpaired) electrons. The van der Waals surface area contributed by atoms with E-state index in [1.807, 2.05) is 44.2 Å². The number of nitrogens with one attached hydrogen (secondary N) is 1. The number of esters is 1. The van der Waals surface area contributed by atoms with Crippen molar-refractivity contribution in [1.29, 1.82) is 0 Å². The van der Waals surface area contributed by atoms with Crippen LogP contribution in [0, 0.1) is 0 Å². The van der Waals surface area contributed by atoms with Gasteiger partial charge in [-0.15, -0.1) is 0 Å². The highest BCUT2D eigenvalue weighted by atomic mass is 16.5. The number of para-hydroxylation sites is 1. The first-order chi connectivity index (χ1) is 10.6. The number of benzene rings is 2. The van der Waals surface area contributed by atoms with Gasteiger partial charge >= 0.3 is 5.97 Å². The molecule has 3 aromatic rings. The molecule has 22 heavy (non-hydrogen) atoms. The van der Waals surface area contributed by atoms with Gasteiger partial charge in [-0.05, 0) is 39.0 Å². The molecule has 0 atom stereocenters. The maximum Gasteiger partial charge on any atom is 0.338 e. The molecule has 0 aliphatic carbocycles. The fourth-order valence-corrected chi connectivity index (χ4v) is 2.60. The molecule has 4 nitrogen and oxygen atoms in total. The van der Waals surface area contributed by atoms with Gasteiger partial charge < -0.3 is 14.5 Å². The lowest BCUT2D eigenvalue weighted by Crippen LogP contribution is -2.09. The minimum Gasteiger partial charge on any atom is -0.489 e. The van der Waals surface area contributed by atoms with Gasteiger partial charge in [0.05, 0.1) is 23.8 Å². The van der Waals surface area contributed by atoms with Gasteiger partial charge in [0.1, 0.15) is 5.75 Å². The smallest absolute Gasteiger partial charge is 0.338 e. The fraction of sp³-hybridized carbons (Fsp3) is 0.278. The average molecular weight is 297 g/mol. The van der Waals surface area contributed by atoms with Crippen LogP contribution in [0.1, 0.15) is 31.1 Å². The minimum atomic E-state index is -0.330. The van der Waals surface area contributed by atoms with E-state index in [0.717, 1.165) is 21.8 Å². The van der Waals surface area contributed by atoms with Crippen LogP contribution in [0.15, 0.2) is 36.4 Å². The summed E-state index contributed by atoms with van der Waals surface area (Å²) in [6.45, 7) is 6.08. The Morgan fingerprint density at radius 1 is 1.18 bits per heavy atom. The first kappa shape index (κ1) is 14.4. The molecule has 0 unspecified atom stereocenters. The Morgan fingerprint density at radius 2 is 1.95 bits per heavy atom. The summed E-state index contributed by atoms with van der Waals surface area (Å²) in [6.07, 6.45) is 0.0204. The molecule has 0 amide bonds. The Labute approximate surface area is 129 Å². The molecule has 0 bridgehead atoms. The zero-order valence-electron chi connectivity index (χ0n) is 13.0. The van der Waals surface area contributed by atoms with Crippen LogP contribution >= 0.6 is 0 Å². The highest BCUT2D eigenvalue weighted by molar-refractivity contribution is 6.11. The van der Waals surface area contributed by atoms with E-state index in [9.17, 15) is 4.79 Å². The largest absolute Gasteiger partial charge is 0.489 e. The second kappa shape index (κ2) is 5.72. The zero-order chi connectivity index (χ0) is 15.7. The number of aromatic amines is 1. The maximum atomic E-state index is 12.1. The first-order valence-electron chi connectivity index (χ1n) is 7.48. The highest BCUT2D eigenvalue weighted by Gasteiger charge is 2.16. The van der Waals surface area contributed by atoms with Crippen molar-refractivity contribution < 1.29 is 14.3 Å². The average Bonchev–Trinajstić information content (AvgIpc) is 2.86. The Hall–Kier alpha value is -2.49. The molecule has 0 saturated carbocycles. The van der Waals surface area contributed by atoms with Gasteiger partial charge in [-0.3, -0.25) is 0 Å². The van der Waals surface area contributed by atoms with E-state index < -0.39 is 0 Å². The molecular weight excluding hydrogens is 278 g/mol. The molecule has 1 heterocycles. The molecule has 0 saturated heterocycles. The number of rotatable bonds is 4. The number of carbonyl (C=O) groups excluding carboxylic acids is 1. The van der Waals surface area contributed by atoms with Gasteiger partial charge in [0.15, 0.2) is 0 Å². The van der Waals surface area contributed by atoms with E-state index in [4.69, 9.17) is 9.47 Å². The summed E-state index contributed by atoms with van der Waals surface area (Å²) in [5.74, 6) is 0.343. The van der Waals surface area contributed by atoms with Crippen molar-refractivity contribution in [1.82, 2.24) is 4.98 Å². The molecule has 114 valence electrons. The second-order valence-corrected chi connectivity index (χ2v) is 5.45. The fourth-order valence-electron chi connectivity index (χ4n) is 2.60. The van der Waals surface area contributed by atoms with Crippen molar-refractivity contribution in [3.63, 3.8) is 0 Å². The predicted octanol–water partition coefficient (Wildman–Crippen LogP) is 4.29. The van der Waals surface area contributed by atoms with Crippen molar-refractivity contribution in [2.75, 3.05) is 6.61 Å². The number of hydrogen-bond donors (Lipinski definition) is 1. The van der Waals surface area contributed by atoms with Gasteiger partial charge in [-0.25, -0.2) is 4.79 Å². The number of hydrogen-bond acceptors (Lipinski definition) is 3. The molecule has 0 aliphatic heterocycles. The Kier molecular flexibility index (Phi) is 3.75. The number of H-pyrrole nitrogens is 1. The van der Waals surface area contributed by atoms with E-state index >= 15 is 0 Å². The normalized spacial score (nSPS) is 11.3. The SMILES string of the molecule is CCOC(=O)c1cc(OC(C)C)c2[nH]c3ccccc3c2c1. The summed E-state index contributed by atoms with van der Waals surface area (Å²) in [6, 6.07) is 11.6. The van der Waals surface area contributed by atoms with Crippen molar-refractivity contribution in [3.8, 4) is 5.75 Å². The molecule has 0 aliphatic rings. The van der Waals surface area contributed by atoms with Crippen molar-refractivity contribution in [3.05, 3.63) is 42.0 Å². The molecule has 2 aromatic carbocycles. The van der Waals surface area contributed by atoms with Gasteiger partial charge in [-0.2, -0.15) is 0 Å². The van der Waals surface area contributed by atoms with E-state index in [1.165, 1.54) is 0 Å². The van der Waals surface area contributed by atoms with E-state index in [-0.39, 0.29) is 12.1 Å². The number of ether oxygens (including phenoxy) is 2. The Morgan fingerprint density at radius 3 is 2.68 bits per heavy atom. The Balaban J connectivity index is 2.26. The maximum absolute atomic E-state index is 12.1. The molecule has 1 aromatic heterocycles. The first-order valence-corrected chi connectivity index (χ1v) is 7.48. The molecule has 4 heteroatoms. The highest BCUT2D eigenvalue weighted by Crippen LogP contribution is 2.33. The van der Waals surface area contributed by atoms with Crippen LogP contribution in [0.4, 0.5) is 0 Å². The molecule has 3 rings (SSSR count). The molecule has 1 N–H and O–H groups in total. The monoisotopic (exact) mass is 297 g/mol. The van der Waals surface area contributed by atoms with Gasteiger partial charge in [-0.1, -0.05) is 18.2 Å². The minimum absolute atomic E-state index is 0.0204. The van der Waals surface area contributed by atoms with Crippen LogP contribution in [-0.2, 0) is 4.74 Å². The van der Waals surface area contributed by atoms with Crippen LogP contribution in [-0.4, -0.2) is 23.7 Å². The molecular formula is C18H19NO3. The van der Waals surface area contributed by atoms with Gasteiger partial charge in [0.2, 0.25) is 0 Å². The van der Waals surface area contributed by atoms with E-state index in [2.05, 4.69) is 4.98 Å². The summed E-state index contributed by atoms with van der Waals surface area (Å²) in [5.41, 5.74) is 2.44. The van der Waals surface area contributed by atoms with Crippen molar-refractivity contribution >= 4 is 27.8 Å². The third-order valence-electron chi connectivity index (χ3n) is 3.45. The summed E-state index contributed by atoms with van der Waals surface area (Å²) in [4.78, 5) is 15.5. The lowest BCUT2D eigenvalue weighted by molar-refractivity contribution is 0.0526. The summed E-state index contributed by atoms with van der Waals surface area (Å²) < 4.78 is 11.0. The summed E-state index contributed by atoms with van der Waals surface area (Å²) in [5, 5.41) is 2.04.